The number of carbonyl (C=O) groups is 3. The number of nitrogens with two attached hydrogens (primary N) is 1. The van der Waals surface area contributed by atoms with Crippen LogP contribution in [-0.4, -0.2) is 62.1 Å². The number of ketones is 2. The van der Waals surface area contributed by atoms with Gasteiger partial charge in [0.05, 0.1) is 36.6 Å². The minimum atomic E-state index is -1.63. The number of esters is 1. The zero-order chi connectivity index (χ0) is 39.8. The number of Topliss-reactive ketones (excluding diaryl/α,β-unsaturated/α-hetero) is 2. The monoisotopic (exact) mass is 817 g/mol. The number of rotatable bonds is 11. The maximum atomic E-state index is 15.9. The maximum absolute atomic E-state index is 15.9. The highest BCUT2D eigenvalue weighted by atomic mass is 79.9. The number of ether oxygens (including phenoxy) is 5. The molecule has 4 heterocycles. The van der Waals surface area contributed by atoms with Crippen molar-refractivity contribution < 1.29 is 38.1 Å². The number of halogens is 1. The van der Waals surface area contributed by atoms with Crippen molar-refractivity contribution in [1.82, 2.24) is 9.55 Å². The summed E-state index contributed by atoms with van der Waals surface area (Å²) in [5, 5.41) is 0. The van der Waals surface area contributed by atoms with Crippen molar-refractivity contribution >= 4 is 45.4 Å². The third kappa shape index (κ3) is 5.92. The number of hydrogen-bond donors (Lipinski definition) is 1. The first-order valence-corrected chi connectivity index (χ1v) is 20.2. The Hall–Kier alpha value is -4.16. The maximum Gasteiger partial charge on any atom is 0.333 e. The van der Waals surface area contributed by atoms with Crippen LogP contribution in [0, 0.1) is 17.8 Å². The van der Waals surface area contributed by atoms with E-state index in [1.54, 1.807) is 30.1 Å². The summed E-state index contributed by atoms with van der Waals surface area (Å²) >= 11 is 3.47. The summed E-state index contributed by atoms with van der Waals surface area (Å²) in [5.41, 5.74) is 5.90. The molecule has 1 aromatic heterocycles. The van der Waals surface area contributed by atoms with Gasteiger partial charge in [-0.05, 0) is 109 Å². The summed E-state index contributed by atoms with van der Waals surface area (Å²) < 4.78 is 34.9. The normalized spacial score (nSPS) is 30.8. The van der Waals surface area contributed by atoms with E-state index in [0.29, 0.717) is 52.4 Å². The van der Waals surface area contributed by atoms with Gasteiger partial charge in [0.1, 0.15) is 39.7 Å². The first-order chi connectivity index (χ1) is 25.9. The van der Waals surface area contributed by atoms with Gasteiger partial charge in [-0.2, -0.15) is 0 Å². The quantitative estimate of drug-likeness (QED) is 0.102. The van der Waals surface area contributed by atoms with Gasteiger partial charge >= 0.3 is 5.97 Å². The summed E-state index contributed by atoms with van der Waals surface area (Å²) in [5.74, 6) is -1.33. The smallest absolute Gasteiger partial charge is 0.333 e. The Kier molecular flexibility index (Phi) is 9.80. The number of aromatic nitrogens is 2. The van der Waals surface area contributed by atoms with E-state index in [9.17, 15) is 4.79 Å². The van der Waals surface area contributed by atoms with E-state index in [0.717, 1.165) is 18.4 Å². The molecule has 1 aromatic carbocycles. The van der Waals surface area contributed by atoms with Gasteiger partial charge in [0.25, 0.3) is 0 Å². The van der Waals surface area contributed by atoms with E-state index >= 15 is 9.59 Å². The number of benzene rings is 1. The number of imidazole rings is 1. The Labute approximate surface area is 331 Å². The van der Waals surface area contributed by atoms with Crippen molar-refractivity contribution in [2.45, 2.75) is 116 Å². The molecule has 2 aromatic rings. The van der Waals surface area contributed by atoms with Gasteiger partial charge in [-0.15, -0.1) is 0 Å². The Morgan fingerprint density at radius 3 is 2.44 bits per heavy atom. The van der Waals surface area contributed by atoms with Crippen LogP contribution < -0.4 is 19.9 Å². The number of fused-ring (bicyclic) bond motifs is 2. The molecule has 294 valence electrons. The zero-order valence-corrected chi connectivity index (χ0v) is 34.8. The summed E-state index contributed by atoms with van der Waals surface area (Å²) in [6.07, 6.45) is 15.6. The number of nitrogens with zero attached hydrogens (tertiary/aromatic N) is 2. The molecule has 1 spiro atoms. The zero-order valence-electron chi connectivity index (χ0n) is 33.2. The molecule has 2 N–H and O–H groups in total. The van der Waals surface area contributed by atoms with Gasteiger partial charge in [-0.3, -0.25) is 9.59 Å². The average molecular weight is 819 g/mol. The van der Waals surface area contributed by atoms with E-state index in [1.165, 1.54) is 12.7 Å². The summed E-state index contributed by atoms with van der Waals surface area (Å²) in [4.78, 5) is 48.2. The van der Waals surface area contributed by atoms with Crippen LogP contribution in [0.1, 0.15) is 109 Å². The molecule has 11 nitrogen and oxygen atoms in total. The molecule has 6 aliphatic rings. The number of methoxy groups -OCH3 is 1. The molecule has 3 aliphatic heterocycles. The molecule has 0 radical (unpaired) electrons. The minimum Gasteiger partial charge on any atom is -0.482 e. The van der Waals surface area contributed by atoms with Crippen molar-refractivity contribution in [3.8, 4) is 17.2 Å². The van der Waals surface area contributed by atoms with Crippen LogP contribution in [0.25, 0.3) is 6.08 Å². The molecule has 1 saturated heterocycles. The standard InChI is InChI=1S/C43H52BrN3O8/c1-23(2)11-10-16-41(8)17-15-27-35(53-41)26(13-12-24(3)4)37-31(36(27)52-21-44)34(48)32-33(47-20-30(45)46-22-47)28-19-29-40(6,7)55-42(38(28)49,43(29,32)54-37)18-14-25(5)39(50)51-9/h11-12,14-15,17,20,22,28-29,32-33H,10,13,16,18-19,21,45H2,1-9H3. The summed E-state index contributed by atoms with van der Waals surface area (Å²) in [6.45, 7) is 15.8. The highest BCUT2D eigenvalue weighted by molar-refractivity contribution is 9.09. The minimum absolute atomic E-state index is 0.00176. The van der Waals surface area contributed by atoms with E-state index in [2.05, 4.69) is 53.8 Å². The fourth-order valence-electron chi connectivity index (χ4n) is 10.0. The van der Waals surface area contributed by atoms with Gasteiger partial charge in [0, 0.05) is 35.6 Å². The van der Waals surface area contributed by atoms with Crippen LogP contribution in [0.4, 0.5) is 5.82 Å². The predicted molar refractivity (Wildman–Crippen MR) is 212 cm³/mol. The molecule has 7 atom stereocenters. The first-order valence-electron chi connectivity index (χ1n) is 19.0. The van der Waals surface area contributed by atoms with Crippen LogP contribution in [0.3, 0.4) is 0 Å². The Bertz CT molecular complexity index is 2090. The van der Waals surface area contributed by atoms with Gasteiger partial charge in [0.2, 0.25) is 0 Å². The highest BCUT2D eigenvalue weighted by Gasteiger charge is 2.85. The van der Waals surface area contributed by atoms with Gasteiger partial charge in [-0.25, -0.2) is 9.78 Å². The highest BCUT2D eigenvalue weighted by Crippen LogP contribution is 2.72. The van der Waals surface area contributed by atoms with Crippen LogP contribution in [0.5, 0.6) is 17.2 Å². The molecule has 12 heteroatoms. The Morgan fingerprint density at radius 1 is 1.07 bits per heavy atom. The summed E-state index contributed by atoms with van der Waals surface area (Å²) in [7, 11) is 1.32. The molecule has 3 aliphatic carbocycles. The molecule has 0 amide bonds. The average Bonchev–Trinajstić information content (AvgIpc) is 3.61. The lowest BCUT2D eigenvalue weighted by atomic mass is 9.45. The lowest BCUT2D eigenvalue weighted by Gasteiger charge is -2.63. The second-order valence-corrected chi connectivity index (χ2v) is 17.4. The SMILES string of the molecule is COC(=O)C(C)=CCC12OC(C)(C)C3CC(C1=O)C(n1cnc(N)c1)C1C(=O)c4c(OCBr)c5c(c(CC=C(C)C)c4OC132)OC(C)(CCC=C(C)C)C=C5. The van der Waals surface area contributed by atoms with Crippen LogP contribution in [0.2, 0.25) is 0 Å². The van der Waals surface area contributed by atoms with Crippen molar-refractivity contribution in [2.75, 3.05) is 18.4 Å². The number of allylic oxidation sites excluding steroid dienone is 4. The molecule has 55 heavy (non-hydrogen) atoms. The molecule has 4 bridgehead atoms. The van der Waals surface area contributed by atoms with Crippen LogP contribution in [0.15, 0.2) is 53.5 Å². The second-order valence-electron chi connectivity index (χ2n) is 16.9. The lowest BCUT2D eigenvalue weighted by Crippen LogP contribution is -2.78. The van der Waals surface area contributed by atoms with Crippen LogP contribution in [-0.2, 0) is 25.5 Å². The molecule has 3 saturated carbocycles. The number of carbonyl (C=O) groups excluding carboxylic acids is 3. The number of anilines is 1. The summed E-state index contributed by atoms with van der Waals surface area (Å²) in [6, 6.07) is -0.676. The molecule has 8 rings (SSSR count). The Balaban J connectivity index is 1.53. The number of alkyl halides is 1. The van der Waals surface area contributed by atoms with Crippen molar-refractivity contribution in [2.24, 2.45) is 17.8 Å². The molecular formula is C43H52BrN3O8. The Morgan fingerprint density at radius 2 is 1.80 bits per heavy atom. The predicted octanol–water partition coefficient (Wildman–Crippen LogP) is 8.06. The van der Waals surface area contributed by atoms with Gasteiger partial charge < -0.3 is 34.0 Å². The van der Waals surface area contributed by atoms with E-state index in [-0.39, 0.29) is 29.3 Å². The fourth-order valence-corrected chi connectivity index (χ4v) is 10.2. The molecule has 4 fully saturated rings. The van der Waals surface area contributed by atoms with Gasteiger partial charge in [0.15, 0.2) is 22.8 Å². The fraction of sp³-hybridized carbons (Fsp3) is 0.535. The lowest BCUT2D eigenvalue weighted by molar-refractivity contribution is -0.208. The third-order valence-electron chi connectivity index (χ3n) is 12.4. The molecular weight excluding hydrogens is 766 g/mol. The molecule has 7 unspecified atom stereocenters. The van der Waals surface area contributed by atoms with Crippen molar-refractivity contribution in [1.29, 1.82) is 0 Å². The number of nitrogen functional groups attached to an aromatic ring is 1. The van der Waals surface area contributed by atoms with Crippen molar-refractivity contribution in [3.63, 3.8) is 0 Å². The van der Waals surface area contributed by atoms with Gasteiger partial charge in [-0.1, -0.05) is 29.4 Å². The second kappa shape index (κ2) is 13.8. The van der Waals surface area contributed by atoms with E-state index in [1.807, 2.05) is 39.8 Å². The van der Waals surface area contributed by atoms with Crippen molar-refractivity contribution in [3.05, 3.63) is 70.2 Å². The van der Waals surface area contributed by atoms with E-state index in [4.69, 9.17) is 29.4 Å². The van der Waals surface area contributed by atoms with Crippen LogP contribution >= 0.6 is 15.9 Å². The topological polar surface area (TPSA) is 141 Å². The van der Waals surface area contributed by atoms with E-state index < -0.39 is 52.2 Å². The largest absolute Gasteiger partial charge is 0.482 e. The third-order valence-corrected chi connectivity index (χ3v) is 12.6. The first kappa shape index (κ1) is 39.1. The number of hydrogen-bond acceptors (Lipinski definition) is 10.